The summed E-state index contributed by atoms with van der Waals surface area (Å²) < 4.78 is 26.1. The third-order valence-electron chi connectivity index (χ3n) is 2.68. The lowest BCUT2D eigenvalue weighted by molar-refractivity contribution is 0.317. The average molecular weight is 272 g/mol. The Morgan fingerprint density at radius 3 is 3.00 bits per heavy atom. The van der Waals surface area contributed by atoms with Gasteiger partial charge in [0.1, 0.15) is 4.21 Å². The Bertz CT molecular complexity index is 518. The highest BCUT2D eigenvalue weighted by molar-refractivity contribution is 7.91. The fourth-order valence-electron chi connectivity index (χ4n) is 1.86. The molecule has 1 aliphatic heterocycles. The van der Waals surface area contributed by atoms with Crippen LogP contribution >= 0.6 is 11.3 Å². The summed E-state index contributed by atoms with van der Waals surface area (Å²) in [7, 11) is -3.41. The van der Waals surface area contributed by atoms with Crippen LogP contribution in [0.2, 0.25) is 0 Å². The van der Waals surface area contributed by atoms with Gasteiger partial charge in [-0.1, -0.05) is 6.07 Å². The van der Waals surface area contributed by atoms with Crippen molar-refractivity contribution in [2.45, 2.75) is 23.1 Å². The molecule has 1 aromatic heterocycles. The second-order valence-corrected chi connectivity index (χ2v) is 6.92. The van der Waals surface area contributed by atoms with E-state index in [2.05, 4.69) is 4.99 Å². The Kier molecular flexibility index (Phi) is 3.73. The predicted molar refractivity (Wildman–Crippen MR) is 64.2 cm³/mol. The fraction of sp³-hybridized carbons (Fsp3) is 0.500. The van der Waals surface area contributed by atoms with Gasteiger partial charge in [0.2, 0.25) is 6.08 Å². The van der Waals surface area contributed by atoms with E-state index < -0.39 is 10.0 Å². The number of nitrogens with zero attached hydrogens (tertiary/aromatic N) is 2. The summed E-state index contributed by atoms with van der Waals surface area (Å²) in [6.07, 6.45) is 2.96. The van der Waals surface area contributed by atoms with Crippen LogP contribution in [0.3, 0.4) is 0 Å². The fourth-order valence-corrected chi connectivity index (χ4v) is 4.52. The van der Waals surface area contributed by atoms with Crippen LogP contribution in [-0.4, -0.2) is 37.9 Å². The maximum atomic E-state index is 12.2. The standard InChI is InChI=1S/C10H12N2O3S2/c13-8-11-9-3-1-5-12(7-9)17(14,15)10-4-2-6-16-10/h2,4,6,9H,1,3,5,7H2. The van der Waals surface area contributed by atoms with Gasteiger partial charge in [0.15, 0.2) is 0 Å². The molecule has 1 aromatic rings. The molecule has 17 heavy (non-hydrogen) atoms. The first-order valence-electron chi connectivity index (χ1n) is 5.25. The van der Waals surface area contributed by atoms with Crippen molar-refractivity contribution >= 4 is 27.4 Å². The molecule has 0 spiro atoms. The van der Waals surface area contributed by atoms with Crippen molar-refractivity contribution in [2.24, 2.45) is 4.99 Å². The zero-order valence-corrected chi connectivity index (χ0v) is 10.7. The van der Waals surface area contributed by atoms with Crippen molar-refractivity contribution in [3.05, 3.63) is 17.5 Å². The maximum absolute atomic E-state index is 12.2. The second kappa shape index (κ2) is 5.10. The molecule has 0 bridgehead atoms. The average Bonchev–Trinajstić information content (AvgIpc) is 2.84. The highest BCUT2D eigenvalue weighted by Gasteiger charge is 2.30. The number of isocyanates is 1. The monoisotopic (exact) mass is 272 g/mol. The Balaban J connectivity index is 2.20. The lowest BCUT2D eigenvalue weighted by Crippen LogP contribution is -2.41. The van der Waals surface area contributed by atoms with E-state index in [0.717, 1.165) is 12.8 Å². The van der Waals surface area contributed by atoms with Crippen LogP contribution in [0.5, 0.6) is 0 Å². The molecule has 0 amide bonds. The molecular formula is C10H12N2O3S2. The summed E-state index contributed by atoms with van der Waals surface area (Å²) in [5.41, 5.74) is 0. The van der Waals surface area contributed by atoms with Crippen LogP contribution in [0, 0.1) is 0 Å². The van der Waals surface area contributed by atoms with Crippen molar-refractivity contribution in [1.29, 1.82) is 0 Å². The van der Waals surface area contributed by atoms with E-state index in [1.807, 2.05) is 0 Å². The van der Waals surface area contributed by atoms with Crippen molar-refractivity contribution in [2.75, 3.05) is 13.1 Å². The zero-order chi connectivity index (χ0) is 12.3. The van der Waals surface area contributed by atoms with Gasteiger partial charge < -0.3 is 0 Å². The van der Waals surface area contributed by atoms with Gasteiger partial charge in [0.05, 0.1) is 6.04 Å². The zero-order valence-electron chi connectivity index (χ0n) is 9.07. The number of rotatable bonds is 3. The van der Waals surface area contributed by atoms with Crippen LogP contribution in [0.15, 0.2) is 26.7 Å². The van der Waals surface area contributed by atoms with Gasteiger partial charge >= 0.3 is 0 Å². The molecule has 7 heteroatoms. The molecule has 92 valence electrons. The summed E-state index contributed by atoms with van der Waals surface area (Å²) in [6.45, 7) is 0.764. The van der Waals surface area contributed by atoms with Gasteiger partial charge in [-0.25, -0.2) is 18.2 Å². The van der Waals surface area contributed by atoms with Gasteiger partial charge in [0.25, 0.3) is 10.0 Å². The van der Waals surface area contributed by atoms with Crippen molar-refractivity contribution < 1.29 is 13.2 Å². The molecule has 1 saturated heterocycles. The number of aliphatic imine (C=N–C) groups is 1. The highest BCUT2D eigenvalue weighted by Crippen LogP contribution is 2.24. The van der Waals surface area contributed by atoms with E-state index in [0.29, 0.717) is 10.8 Å². The van der Waals surface area contributed by atoms with Crippen molar-refractivity contribution in [1.82, 2.24) is 4.31 Å². The van der Waals surface area contributed by atoms with E-state index in [4.69, 9.17) is 0 Å². The molecule has 0 N–H and O–H groups in total. The summed E-state index contributed by atoms with van der Waals surface area (Å²) in [6, 6.07) is 3.05. The van der Waals surface area contributed by atoms with Crippen molar-refractivity contribution in [3.8, 4) is 0 Å². The molecule has 0 saturated carbocycles. The molecule has 0 aromatic carbocycles. The first-order chi connectivity index (χ1) is 8.14. The lowest BCUT2D eigenvalue weighted by Gasteiger charge is -2.28. The molecule has 1 atom stereocenters. The molecule has 2 rings (SSSR count). The smallest absolute Gasteiger partial charge is 0.211 e. The minimum atomic E-state index is -3.41. The minimum Gasteiger partial charge on any atom is -0.211 e. The summed E-state index contributed by atoms with van der Waals surface area (Å²) in [5.74, 6) is 0. The van der Waals surface area contributed by atoms with Crippen molar-refractivity contribution in [3.63, 3.8) is 0 Å². The Labute approximate surface area is 104 Å². The van der Waals surface area contributed by atoms with E-state index in [1.54, 1.807) is 17.5 Å². The SMILES string of the molecule is O=C=NC1CCCN(S(=O)(=O)c2cccs2)C1. The summed E-state index contributed by atoms with van der Waals surface area (Å²) in [5, 5.41) is 1.73. The third kappa shape index (κ3) is 2.63. The molecule has 1 fully saturated rings. The van der Waals surface area contributed by atoms with Crippen LogP contribution in [0.1, 0.15) is 12.8 Å². The Morgan fingerprint density at radius 1 is 1.53 bits per heavy atom. The van der Waals surface area contributed by atoms with Gasteiger partial charge in [-0.2, -0.15) is 4.31 Å². The number of piperidine rings is 1. The highest BCUT2D eigenvalue weighted by atomic mass is 32.2. The minimum absolute atomic E-state index is 0.254. The molecule has 1 aliphatic rings. The molecule has 5 nitrogen and oxygen atoms in total. The van der Waals surface area contributed by atoms with Crippen LogP contribution in [-0.2, 0) is 14.8 Å². The van der Waals surface area contributed by atoms with Crippen LogP contribution < -0.4 is 0 Å². The second-order valence-electron chi connectivity index (χ2n) is 3.81. The first kappa shape index (κ1) is 12.4. The van der Waals surface area contributed by atoms with E-state index in [-0.39, 0.29) is 12.6 Å². The third-order valence-corrected chi connectivity index (χ3v) is 5.92. The molecular weight excluding hydrogens is 260 g/mol. The number of thiophene rings is 1. The molecule has 1 unspecified atom stereocenters. The lowest BCUT2D eigenvalue weighted by atomic mass is 10.1. The van der Waals surface area contributed by atoms with Gasteiger partial charge in [-0.3, -0.25) is 0 Å². The number of sulfonamides is 1. The number of hydrogen-bond acceptors (Lipinski definition) is 5. The van der Waals surface area contributed by atoms with E-state index in [9.17, 15) is 13.2 Å². The Morgan fingerprint density at radius 2 is 2.35 bits per heavy atom. The maximum Gasteiger partial charge on any atom is 0.252 e. The topological polar surface area (TPSA) is 66.8 Å². The Hall–Kier alpha value is -1.01. The quantitative estimate of drug-likeness (QED) is 0.614. The van der Waals surface area contributed by atoms with Crippen LogP contribution in [0.4, 0.5) is 0 Å². The number of hydrogen-bond donors (Lipinski definition) is 0. The first-order valence-corrected chi connectivity index (χ1v) is 7.57. The van der Waals surface area contributed by atoms with Crippen LogP contribution in [0.25, 0.3) is 0 Å². The molecule has 2 heterocycles. The normalized spacial score (nSPS) is 22.0. The number of carbonyl (C=O) groups excluding carboxylic acids is 1. The molecule has 0 aliphatic carbocycles. The van der Waals surface area contributed by atoms with E-state index in [1.165, 1.54) is 21.7 Å². The largest absolute Gasteiger partial charge is 0.252 e. The summed E-state index contributed by atoms with van der Waals surface area (Å²) >= 11 is 1.20. The van der Waals surface area contributed by atoms with Gasteiger partial charge in [-0.15, -0.1) is 11.3 Å². The van der Waals surface area contributed by atoms with E-state index >= 15 is 0 Å². The predicted octanol–water partition coefficient (Wildman–Crippen LogP) is 1.24. The summed E-state index contributed by atoms with van der Waals surface area (Å²) in [4.78, 5) is 13.8. The molecule has 0 radical (unpaired) electrons. The van der Waals surface area contributed by atoms with Gasteiger partial charge in [0, 0.05) is 13.1 Å². The van der Waals surface area contributed by atoms with Gasteiger partial charge in [-0.05, 0) is 24.3 Å².